The molecule has 0 aliphatic carbocycles. The molecule has 4 aromatic carbocycles. The maximum absolute atomic E-state index is 14.5. The Hall–Kier alpha value is -4.41. The van der Waals surface area contributed by atoms with Crippen LogP contribution in [0.15, 0.2) is 108 Å². The van der Waals surface area contributed by atoms with Gasteiger partial charge in [0, 0.05) is 24.0 Å². The molecule has 0 spiro atoms. The highest BCUT2D eigenvalue weighted by Crippen LogP contribution is 2.27. The van der Waals surface area contributed by atoms with Crippen molar-refractivity contribution in [3.8, 4) is 5.75 Å². The number of hydrogen-bond donors (Lipinski definition) is 1. The molecule has 0 heterocycles. The summed E-state index contributed by atoms with van der Waals surface area (Å²) in [4.78, 5) is 29.7. The van der Waals surface area contributed by atoms with E-state index in [-0.39, 0.29) is 35.5 Å². The van der Waals surface area contributed by atoms with E-state index < -0.39 is 34.3 Å². The van der Waals surface area contributed by atoms with Crippen LogP contribution in [0.2, 0.25) is 5.02 Å². The summed E-state index contributed by atoms with van der Waals surface area (Å²) in [5, 5.41) is 3.51. The Labute approximate surface area is 281 Å². The third-order valence-corrected chi connectivity index (χ3v) is 9.69. The molecule has 11 heteroatoms. The monoisotopic (exact) mass is 679 g/mol. The van der Waals surface area contributed by atoms with Crippen LogP contribution in [0.3, 0.4) is 0 Å². The van der Waals surface area contributed by atoms with Crippen LogP contribution in [0.1, 0.15) is 38.3 Å². The number of halogens is 2. The minimum Gasteiger partial charge on any atom is -0.494 e. The number of carbonyl (C=O) groups excluding carboxylic acids is 2. The zero-order valence-corrected chi connectivity index (χ0v) is 28.2. The van der Waals surface area contributed by atoms with Crippen LogP contribution in [0.4, 0.5) is 10.1 Å². The van der Waals surface area contributed by atoms with Crippen LogP contribution < -0.4 is 14.4 Å². The van der Waals surface area contributed by atoms with E-state index in [1.807, 2.05) is 51.1 Å². The second-order valence-corrected chi connectivity index (χ2v) is 13.4. The Morgan fingerprint density at radius 3 is 2.11 bits per heavy atom. The van der Waals surface area contributed by atoms with Gasteiger partial charge in [0.1, 0.15) is 24.2 Å². The van der Waals surface area contributed by atoms with Crippen molar-refractivity contribution in [2.24, 2.45) is 0 Å². The molecular formula is C36H39ClFN3O5S. The fourth-order valence-electron chi connectivity index (χ4n) is 4.92. The van der Waals surface area contributed by atoms with Crippen LogP contribution in [0.25, 0.3) is 0 Å². The van der Waals surface area contributed by atoms with E-state index in [0.29, 0.717) is 29.4 Å². The molecule has 0 aliphatic heterocycles. The molecule has 4 aromatic rings. The van der Waals surface area contributed by atoms with Gasteiger partial charge in [-0.1, -0.05) is 61.0 Å². The molecule has 0 saturated carbocycles. The molecule has 0 fully saturated rings. The van der Waals surface area contributed by atoms with Gasteiger partial charge in [-0.25, -0.2) is 12.8 Å². The molecule has 47 heavy (non-hydrogen) atoms. The quantitative estimate of drug-likeness (QED) is 0.152. The first kappa shape index (κ1) is 35.4. The Morgan fingerprint density at radius 2 is 1.51 bits per heavy atom. The molecule has 0 saturated heterocycles. The van der Waals surface area contributed by atoms with Gasteiger partial charge in [0.25, 0.3) is 10.0 Å². The summed E-state index contributed by atoms with van der Waals surface area (Å²) < 4.78 is 48.7. The molecule has 4 rings (SSSR count). The minimum absolute atomic E-state index is 0.00177. The fraction of sp³-hybridized carbons (Fsp3) is 0.278. The molecule has 248 valence electrons. The fourth-order valence-corrected chi connectivity index (χ4v) is 6.46. The van der Waals surface area contributed by atoms with Gasteiger partial charge in [0.2, 0.25) is 11.8 Å². The Bertz CT molecular complexity index is 1720. The van der Waals surface area contributed by atoms with Crippen molar-refractivity contribution in [1.29, 1.82) is 0 Å². The highest BCUT2D eigenvalue weighted by Gasteiger charge is 2.35. The zero-order chi connectivity index (χ0) is 34.0. The average Bonchev–Trinajstić information content (AvgIpc) is 3.07. The van der Waals surface area contributed by atoms with E-state index in [2.05, 4.69) is 5.32 Å². The Kier molecular flexibility index (Phi) is 12.4. The Balaban J connectivity index is 1.79. The first-order chi connectivity index (χ1) is 22.5. The van der Waals surface area contributed by atoms with E-state index in [1.54, 1.807) is 24.3 Å². The van der Waals surface area contributed by atoms with E-state index >= 15 is 0 Å². The lowest BCUT2D eigenvalue weighted by Gasteiger charge is -2.34. The summed E-state index contributed by atoms with van der Waals surface area (Å²) in [6, 6.07) is 25.7. The predicted octanol–water partition coefficient (Wildman–Crippen LogP) is 6.63. The molecule has 0 aliphatic rings. The van der Waals surface area contributed by atoms with Crippen molar-refractivity contribution in [3.63, 3.8) is 0 Å². The molecule has 0 radical (unpaired) electrons. The van der Waals surface area contributed by atoms with Gasteiger partial charge in [-0.3, -0.25) is 13.9 Å². The summed E-state index contributed by atoms with van der Waals surface area (Å²) >= 11 is 6.14. The first-order valence-corrected chi connectivity index (χ1v) is 17.2. The van der Waals surface area contributed by atoms with Crippen molar-refractivity contribution in [1.82, 2.24) is 10.2 Å². The summed E-state index contributed by atoms with van der Waals surface area (Å²) in [5.41, 5.74) is 1.60. The molecule has 1 N–H and O–H groups in total. The van der Waals surface area contributed by atoms with Crippen molar-refractivity contribution < 1.29 is 27.1 Å². The van der Waals surface area contributed by atoms with Gasteiger partial charge in [0.05, 0.1) is 17.2 Å². The number of anilines is 1. The third-order valence-electron chi connectivity index (χ3n) is 7.65. The second kappa shape index (κ2) is 16.4. The molecule has 0 bridgehead atoms. The van der Waals surface area contributed by atoms with E-state index in [9.17, 15) is 22.4 Å². The number of ether oxygens (including phenoxy) is 1. The number of sulfonamides is 1. The average molecular weight is 680 g/mol. The van der Waals surface area contributed by atoms with Crippen molar-refractivity contribution in [3.05, 3.63) is 125 Å². The number of nitrogens with zero attached hydrogens (tertiary/aromatic N) is 2. The van der Waals surface area contributed by atoms with Gasteiger partial charge in [-0.15, -0.1) is 0 Å². The van der Waals surface area contributed by atoms with Gasteiger partial charge < -0.3 is 15.0 Å². The van der Waals surface area contributed by atoms with Crippen molar-refractivity contribution in [2.45, 2.75) is 57.1 Å². The topological polar surface area (TPSA) is 96.0 Å². The maximum atomic E-state index is 14.5. The summed E-state index contributed by atoms with van der Waals surface area (Å²) in [6.07, 6.45) is 0.859. The largest absolute Gasteiger partial charge is 0.494 e. The van der Waals surface area contributed by atoms with Crippen LogP contribution in [0, 0.1) is 5.82 Å². The van der Waals surface area contributed by atoms with Crippen LogP contribution in [0.5, 0.6) is 5.75 Å². The number of benzene rings is 4. The number of nitrogens with one attached hydrogen (secondary N) is 1. The number of rotatable bonds is 15. The SMILES string of the molecule is CCOc1ccc(S(=O)(=O)N(CC(=O)N(Cc2ccc(Cl)cc2)[C@H](Cc2ccccc2)C(=O)N[C@H](C)CC)c2ccc(F)cc2)cc1. The van der Waals surface area contributed by atoms with E-state index in [4.69, 9.17) is 16.3 Å². The first-order valence-electron chi connectivity index (χ1n) is 15.4. The lowest BCUT2D eigenvalue weighted by atomic mass is 10.0. The van der Waals surface area contributed by atoms with E-state index in [1.165, 1.54) is 41.3 Å². The smallest absolute Gasteiger partial charge is 0.264 e. The molecule has 0 unspecified atom stereocenters. The lowest BCUT2D eigenvalue weighted by molar-refractivity contribution is -0.140. The molecular weight excluding hydrogens is 641 g/mol. The zero-order valence-electron chi connectivity index (χ0n) is 26.6. The molecule has 8 nitrogen and oxygen atoms in total. The molecule has 2 amide bonds. The lowest BCUT2D eigenvalue weighted by Crippen LogP contribution is -2.54. The standard InChI is InChI=1S/C36H39ClFN3O5S/c1-4-26(3)39-36(43)34(23-27-9-7-6-8-10-27)40(24-28-11-13-29(37)14-12-28)35(42)25-41(31-17-15-30(38)16-18-31)47(44,45)33-21-19-32(20-22-33)46-5-2/h6-22,26,34H,4-5,23-25H2,1-3H3,(H,39,43)/t26-,34-/m1/s1. The second-order valence-electron chi connectivity index (χ2n) is 11.1. The highest BCUT2D eigenvalue weighted by molar-refractivity contribution is 7.92. The normalized spacial score (nSPS) is 12.5. The van der Waals surface area contributed by atoms with Crippen LogP contribution >= 0.6 is 11.6 Å². The van der Waals surface area contributed by atoms with Crippen LogP contribution in [-0.2, 0) is 32.6 Å². The molecule has 2 atom stereocenters. The maximum Gasteiger partial charge on any atom is 0.264 e. The predicted molar refractivity (Wildman–Crippen MR) is 182 cm³/mol. The van der Waals surface area contributed by atoms with Gasteiger partial charge in [-0.2, -0.15) is 0 Å². The van der Waals surface area contributed by atoms with E-state index in [0.717, 1.165) is 22.0 Å². The van der Waals surface area contributed by atoms with Crippen molar-refractivity contribution in [2.75, 3.05) is 17.5 Å². The minimum atomic E-state index is -4.34. The van der Waals surface area contributed by atoms with Gasteiger partial charge in [-0.05, 0) is 92.1 Å². The number of carbonyl (C=O) groups is 2. The van der Waals surface area contributed by atoms with Gasteiger partial charge in [0.15, 0.2) is 0 Å². The third kappa shape index (κ3) is 9.56. The number of amides is 2. The summed E-state index contributed by atoms with van der Waals surface area (Å²) in [7, 11) is -4.34. The van der Waals surface area contributed by atoms with Gasteiger partial charge >= 0.3 is 0 Å². The van der Waals surface area contributed by atoms with Crippen molar-refractivity contribution >= 4 is 39.1 Å². The summed E-state index contributed by atoms with van der Waals surface area (Å²) in [5.74, 6) is -1.07. The number of hydrogen-bond acceptors (Lipinski definition) is 5. The van der Waals surface area contributed by atoms with Crippen LogP contribution in [-0.4, -0.2) is 50.4 Å². The highest BCUT2D eigenvalue weighted by atomic mass is 35.5. The Morgan fingerprint density at radius 1 is 0.872 bits per heavy atom. The summed E-state index contributed by atoms with van der Waals surface area (Å²) in [6.45, 7) is 5.39. The molecule has 0 aromatic heterocycles.